The summed E-state index contributed by atoms with van der Waals surface area (Å²) in [7, 11) is 0. The second-order valence-corrected chi connectivity index (χ2v) is 8.67. The Morgan fingerprint density at radius 1 is 1.19 bits per heavy atom. The first-order valence-corrected chi connectivity index (χ1v) is 11.2. The summed E-state index contributed by atoms with van der Waals surface area (Å²) in [6.45, 7) is 5.94. The quantitative estimate of drug-likeness (QED) is 0.613. The Kier molecular flexibility index (Phi) is 5.46. The number of thiocarbonyl (C=S) groups is 1. The summed E-state index contributed by atoms with van der Waals surface area (Å²) in [5.74, 6) is 0. The van der Waals surface area contributed by atoms with E-state index in [1.54, 1.807) is 6.20 Å². The zero-order chi connectivity index (χ0) is 21.4. The molecule has 0 radical (unpaired) electrons. The molecule has 2 fully saturated rings. The van der Waals surface area contributed by atoms with Crippen LogP contribution in [-0.2, 0) is 4.74 Å². The summed E-state index contributed by atoms with van der Waals surface area (Å²) in [5.41, 5.74) is 5.69. The van der Waals surface area contributed by atoms with Crippen LogP contribution in [0.1, 0.15) is 47.6 Å². The summed E-state index contributed by atoms with van der Waals surface area (Å²) < 4.78 is 8.23. The van der Waals surface area contributed by atoms with E-state index in [4.69, 9.17) is 17.0 Å². The number of hydrogen-bond acceptors (Lipinski definition) is 4. The Labute approximate surface area is 188 Å². The number of ether oxygens (including phenoxy) is 1. The first-order chi connectivity index (χ1) is 15.1. The molecule has 5 rings (SSSR count). The average Bonchev–Trinajstić information content (AvgIpc) is 3.49. The zero-order valence-electron chi connectivity index (χ0n) is 17.9. The van der Waals surface area contributed by atoms with Crippen LogP contribution in [0.25, 0.3) is 5.69 Å². The van der Waals surface area contributed by atoms with E-state index in [0.717, 1.165) is 42.5 Å². The van der Waals surface area contributed by atoms with Gasteiger partial charge in [-0.15, -0.1) is 0 Å². The molecule has 2 aliphatic rings. The second kappa shape index (κ2) is 8.40. The number of aromatic nitrogens is 3. The van der Waals surface area contributed by atoms with Gasteiger partial charge >= 0.3 is 0 Å². The number of hydrogen-bond donors (Lipinski definition) is 1. The highest BCUT2D eigenvalue weighted by atomic mass is 32.1. The minimum atomic E-state index is -0.0158. The Hall–Kier alpha value is -2.77. The third-order valence-electron chi connectivity index (χ3n) is 6.32. The van der Waals surface area contributed by atoms with Crippen LogP contribution in [-0.4, -0.2) is 43.8 Å². The van der Waals surface area contributed by atoms with Gasteiger partial charge in [-0.05, 0) is 74.8 Å². The van der Waals surface area contributed by atoms with Gasteiger partial charge in [-0.25, -0.2) is 0 Å². The van der Waals surface area contributed by atoms with E-state index < -0.39 is 0 Å². The number of pyridine rings is 2. The van der Waals surface area contributed by atoms with Gasteiger partial charge in [0.1, 0.15) is 0 Å². The van der Waals surface area contributed by atoms with E-state index >= 15 is 0 Å². The predicted molar refractivity (Wildman–Crippen MR) is 124 cm³/mol. The fourth-order valence-corrected chi connectivity index (χ4v) is 5.23. The normalized spacial score (nSPS) is 23.4. The Bertz CT molecular complexity index is 1060. The van der Waals surface area contributed by atoms with Gasteiger partial charge in [0.05, 0.1) is 35.8 Å². The molecule has 0 aliphatic carbocycles. The molecular weight excluding hydrogens is 406 g/mol. The Balaban J connectivity index is 1.59. The molecule has 0 bridgehead atoms. The molecule has 31 heavy (non-hydrogen) atoms. The molecular formula is C24H27N5OS. The van der Waals surface area contributed by atoms with E-state index in [2.05, 4.69) is 56.8 Å². The lowest BCUT2D eigenvalue weighted by Crippen LogP contribution is -2.36. The largest absolute Gasteiger partial charge is 0.376 e. The van der Waals surface area contributed by atoms with Crippen LogP contribution < -0.4 is 5.32 Å². The van der Waals surface area contributed by atoms with E-state index in [1.165, 1.54) is 17.0 Å². The monoisotopic (exact) mass is 433 g/mol. The lowest BCUT2D eigenvalue weighted by Gasteiger charge is -2.30. The van der Waals surface area contributed by atoms with Crippen molar-refractivity contribution in [2.45, 2.75) is 44.9 Å². The SMILES string of the molecule is Cc1cc([C@@H]2[C@H](c3ccccn3)NC(=S)N2C[C@H]2CCCO2)c(C)n1-c1cccnc1. The molecule has 2 aliphatic heterocycles. The van der Waals surface area contributed by atoms with Gasteiger partial charge in [0.15, 0.2) is 5.11 Å². The van der Waals surface area contributed by atoms with E-state index in [0.29, 0.717) is 0 Å². The number of rotatable bonds is 5. The lowest BCUT2D eigenvalue weighted by atomic mass is 9.96. The van der Waals surface area contributed by atoms with Crippen molar-refractivity contribution in [1.29, 1.82) is 0 Å². The molecule has 160 valence electrons. The first-order valence-electron chi connectivity index (χ1n) is 10.8. The lowest BCUT2D eigenvalue weighted by molar-refractivity contribution is 0.0842. The van der Waals surface area contributed by atoms with Crippen LogP contribution in [0.4, 0.5) is 0 Å². The molecule has 0 unspecified atom stereocenters. The molecule has 5 heterocycles. The fourth-order valence-electron chi connectivity index (χ4n) is 4.92. The highest BCUT2D eigenvalue weighted by Gasteiger charge is 2.42. The minimum Gasteiger partial charge on any atom is -0.376 e. The van der Waals surface area contributed by atoms with Gasteiger partial charge < -0.3 is 19.5 Å². The average molecular weight is 434 g/mol. The smallest absolute Gasteiger partial charge is 0.170 e. The predicted octanol–water partition coefficient (Wildman–Crippen LogP) is 4.04. The summed E-state index contributed by atoms with van der Waals surface area (Å²) >= 11 is 5.82. The maximum Gasteiger partial charge on any atom is 0.170 e. The van der Waals surface area contributed by atoms with Gasteiger partial charge in [-0.2, -0.15) is 0 Å². The third-order valence-corrected chi connectivity index (χ3v) is 6.67. The first kappa shape index (κ1) is 20.2. The van der Waals surface area contributed by atoms with E-state index in [1.807, 2.05) is 30.6 Å². The molecule has 3 aromatic rings. The zero-order valence-corrected chi connectivity index (χ0v) is 18.7. The molecule has 0 amide bonds. The minimum absolute atomic E-state index is 0.0158. The summed E-state index contributed by atoms with van der Waals surface area (Å²) in [6.07, 6.45) is 7.96. The molecule has 1 N–H and O–H groups in total. The van der Waals surface area contributed by atoms with Crippen LogP contribution in [0.15, 0.2) is 55.0 Å². The maximum atomic E-state index is 5.96. The van der Waals surface area contributed by atoms with E-state index in [9.17, 15) is 0 Å². The maximum absolute atomic E-state index is 5.96. The highest BCUT2D eigenvalue weighted by Crippen LogP contribution is 2.41. The molecule has 3 aromatic heterocycles. The molecule has 6 nitrogen and oxygen atoms in total. The van der Waals surface area contributed by atoms with Gasteiger partial charge in [-0.3, -0.25) is 9.97 Å². The standard InChI is InChI=1S/C24H27N5OS/c1-16-13-20(17(2)29(16)18-7-5-10-25-14-18)23-22(21-9-3-4-11-26-21)27-24(31)28(23)15-19-8-6-12-30-19/h3-5,7,9-11,13-14,19,22-23H,6,8,12,15H2,1-2H3,(H,27,31)/t19-,22+,23-/m1/s1. The topological polar surface area (TPSA) is 55.2 Å². The summed E-state index contributed by atoms with van der Waals surface area (Å²) in [5, 5.41) is 4.32. The van der Waals surface area contributed by atoms with Crippen molar-refractivity contribution in [3.63, 3.8) is 0 Å². The van der Waals surface area contributed by atoms with Crippen molar-refractivity contribution in [1.82, 2.24) is 24.8 Å². The van der Waals surface area contributed by atoms with Crippen LogP contribution >= 0.6 is 12.2 Å². The molecule has 0 aromatic carbocycles. The van der Waals surface area contributed by atoms with Crippen molar-refractivity contribution in [3.05, 3.63) is 77.6 Å². The second-order valence-electron chi connectivity index (χ2n) is 8.29. The molecule has 3 atom stereocenters. The molecule has 0 spiro atoms. The van der Waals surface area contributed by atoms with Crippen molar-refractivity contribution in [2.75, 3.05) is 13.2 Å². The van der Waals surface area contributed by atoms with Crippen LogP contribution in [0, 0.1) is 13.8 Å². The summed E-state index contributed by atoms with van der Waals surface area (Å²) in [6, 6.07) is 12.4. The number of nitrogens with zero attached hydrogens (tertiary/aromatic N) is 4. The van der Waals surface area contributed by atoms with Crippen molar-refractivity contribution >= 4 is 17.3 Å². The Morgan fingerprint density at radius 2 is 2.10 bits per heavy atom. The van der Waals surface area contributed by atoms with Gasteiger partial charge in [-0.1, -0.05) is 6.07 Å². The number of aryl methyl sites for hydroxylation is 1. The van der Waals surface area contributed by atoms with Gasteiger partial charge in [0, 0.05) is 36.9 Å². The van der Waals surface area contributed by atoms with Crippen LogP contribution in [0.3, 0.4) is 0 Å². The Morgan fingerprint density at radius 3 is 2.81 bits per heavy atom. The fraction of sp³-hybridized carbons (Fsp3) is 0.375. The molecule has 7 heteroatoms. The number of nitrogens with one attached hydrogen (secondary N) is 1. The van der Waals surface area contributed by atoms with E-state index in [-0.39, 0.29) is 18.2 Å². The van der Waals surface area contributed by atoms with Gasteiger partial charge in [0.2, 0.25) is 0 Å². The van der Waals surface area contributed by atoms with Crippen molar-refractivity contribution in [2.24, 2.45) is 0 Å². The summed E-state index contributed by atoms with van der Waals surface area (Å²) in [4.78, 5) is 11.3. The molecule has 0 saturated carbocycles. The van der Waals surface area contributed by atoms with Crippen molar-refractivity contribution < 1.29 is 4.74 Å². The highest BCUT2D eigenvalue weighted by molar-refractivity contribution is 7.80. The molecule has 2 saturated heterocycles. The van der Waals surface area contributed by atoms with Crippen LogP contribution in [0.5, 0.6) is 0 Å². The van der Waals surface area contributed by atoms with Crippen molar-refractivity contribution in [3.8, 4) is 5.69 Å². The van der Waals surface area contributed by atoms with Crippen LogP contribution in [0.2, 0.25) is 0 Å². The van der Waals surface area contributed by atoms with Gasteiger partial charge in [0.25, 0.3) is 0 Å². The third kappa shape index (κ3) is 3.72.